The molecule has 0 radical (unpaired) electrons. The van der Waals surface area contributed by atoms with Gasteiger partial charge in [0.15, 0.2) is 5.78 Å². The van der Waals surface area contributed by atoms with Crippen LogP contribution in [-0.2, 0) is 4.79 Å². The lowest BCUT2D eigenvalue weighted by Crippen LogP contribution is -2.30. The molecule has 0 aromatic heterocycles. The summed E-state index contributed by atoms with van der Waals surface area (Å²) in [5.41, 5.74) is 2.34. The number of halogens is 3. The molecule has 2 amide bonds. The summed E-state index contributed by atoms with van der Waals surface area (Å²) in [6.45, 7) is 0. The van der Waals surface area contributed by atoms with E-state index in [1.807, 2.05) is 6.07 Å². The van der Waals surface area contributed by atoms with Gasteiger partial charge in [0.05, 0.1) is 0 Å². The number of rotatable bonds is 8. The van der Waals surface area contributed by atoms with Crippen molar-refractivity contribution in [2.45, 2.75) is 0 Å². The maximum Gasteiger partial charge on any atom is 0.272 e. The van der Waals surface area contributed by atoms with Gasteiger partial charge >= 0.3 is 0 Å². The Morgan fingerprint density at radius 2 is 1.36 bits per heavy atom. The summed E-state index contributed by atoms with van der Waals surface area (Å²) in [6, 6.07) is 26.9. The van der Waals surface area contributed by atoms with Crippen LogP contribution in [0.1, 0.15) is 31.8 Å². The largest absolute Gasteiger partial charge is 0.321 e. The molecule has 0 aliphatic carbocycles. The smallest absolute Gasteiger partial charge is 0.272 e. The van der Waals surface area contributed by atoms with E-state index in [1.54, 1.807) is 97.1 Å². The monoisotopic (exact) mass is 574 g/mol. The van der Waals surface area contributed by atoms with Crippen LogP contribution in [0.25, 0.3) is 12.2 Å². The van der Waals surface area contributed by atoms with Crippen LogP contribution in [0.5, 0.6) is 0 Å². The van der Waals surface area contributed by atoms with Crippen molar-refractivity contribution in [1.29, 1.82) is 0 Å². The van der Waals surface area contributed by atoms with E-state index >= 15 is 0 Å². The predicted octanol–water partition coefficient (Wildman–Crippen LogP) is 7.95. The fraction of sp³-hybridized carbons (Fsp3) is 0. The van der Waals surface area contributed by atoms with Crippen LogP contribution in [0, 0.1) is 0 Å². The van der Waals surface area contributed by atoms with Gasteiger partial charge in [0, 0.05) is 37.4 Å². The molecule has 0 aliphatic heterocycles. The molecule has 2 N–H and O–H groups in total. The number of hydrogen-bond donors (Lipinski definition) is 2. The Morgan fingerprint density at radius 1 is 0.692 bits per heavy atom. The predicted molar refractivity (Wildman–Crippen MR) is 158 cm³/mol. The van der Waals surface area contributed by atoms with Gasteiger partial charge < -0.3 is 10.6 Å². The molecule has 194 valence electrons. The minimum absolute atomic E-state index is 0.0662. The highest BCUT2D eigenvalue weighted by atomic mass is 35.5. The van der Waals surface area contributed by atoms with Gasteiger partial charge in [0.1, 0.15) is 5.70 Å². The van der Waals surface area contributed by atoms with Gasteiger partial charge in [-0.05, 0) is 78.4 Å². The molecule has 0 aliphatic rings. The Balaban J connectivity index is 1.53. The quantitative estimate of drug-likeness (QED) is 0.165. The topological polar surface area (TPSA) is 75.3 Å². The fourth-order valence-electron chi connectivity index (χ4n) is 3.53. The van der Waals surface area contributed by atoms with Crippen molar-refractivity contribution in [3.63, 3.8) is 0 Å². The Labute approximate surface area is 240 Å². The van der Waals surface area contributed by atoms with Crippen LogP contribution >= 0.6 is 34.8 Å². The molecule has 4 aromatic rings. The van der Waals surface area contributed by atoms with E-state index in [1.165, 1.54) is 12.2 Å². The van der Waals surface area contributed by atoms with Crippen LogP contribution in [-0.4, -0.2) is 17.6 Å². The van der Waals surface area contributed by atoms with E-state index in [0.29, 0.717) is 37.4 Å². The van der Waals surface area contributed by atoms with Crippen molar-refractivity contribution >= 4 is 70.2 Å². The van der Waals surface area contributed by atoms with Gasteiger partial charge in [-0.3, -0.25) is 14.4 Å². The molecular weight excluding hydrogens is 555 g/mol. The number of amides is 2. The van der Waals surface area contributed by atoms with E-state index in [4.69, 9.17) is 34.8 Å². The molecule has 0 saturated carbocycles. The fourth-order valence-corrected chi connectivity index (χ4v) is 4.24. The molecule has 0 spiro atoms. The van der Waals surface area contributed by atoms with Gasteiger partial charge in [-0.15, -0.1) is 0 Å². The summed E-state index contributed by atoms with van der Waals surface area (Å²) >= 11 is 18.6. The van der Waals surface area contributed by atoms with Crippen LogP contribution in [0.3, 0.4) is 0 Å². The third-order valence-corrected chi connectivity index (χ3v) is 6.41. The molecule has 8 heteroatoms. The average Bonchev–Trinajstić information content (AvgIpc) is 2.94. The van der Waals surface area contributed by atoms with E-state index in [9.17, 15) is 14.4 Å². The Bertz CT molecular complexity index is 1560. The van der Waals surface area contributed by atoms with Gasteiger partial charge in [0.25, 0.3) is 11.8 Å². The highest BCUT2D eigenvalue weighted by Gasteiger charge is 2.17. The van der Waals surface area contributed by atoms with Crippen LogP contribution < -0.4 is 10.6 Å². The summed E-state index contributed by atoms with van der Waals surface area (Å²) in [6.07, 6.45) is 4.54. The van der Waals surface area contributed by atoms with Gasteiger partial charge in [-0.1, -0.05) is 77.3 Å². The Morgan fingerprint density at radius 3 is 2.03 bits per heavy atom. The van der Waals surface area contributed by atoms with E-state index in [0.717, 1.165) is 5.56 Å². The number of carbonyl (C=O) groups excluding carboxylic acids is 3. The van der Waals surface area contributed by atoms with Crippen molar-refractivity contribution in [2.24, 2.45) is 0 Å². The molecule has 0 saturated heterocycles. The lowest BCUT2D eigenvalue weighted by Gasteiger charge is -2.12. The maximum absolute atomic E-state index is 13.2. The maximum atomic E-state index is 13.2. The van der Waals surface area contributed by atoms with E-state index in [-0.39, 0.29) is 11.5 Å². The molecule has 5 nitrogen and oxygen atoms in total. The molecule has 0 fully saturated rings. The summed E-state index contributed by atoms with van der Waals surface area (Å²) in [4.78, 5) is 38.6. The number of ketones is 1. The SMILES string of the molecule is O=C(Nc1ccc(C(=O)/C=C/c2cccc(Cl)c2)cc1)/C(=C/c1c(Cl)cccc1Cl)NC(=O)c1ccccc1. The van der Waals surface area contributed by atoms with Crippen molar-refractivity contribution in [3.8, 4) is 0 Å². The number of carbonyl (C=O) groups is 3. The normalized spacial score (nSPS) is 11.3. The first-order valence-corrected chi connectivity index (χ1v) is 12.8. The van der Waals surface area contributed by atoms with Crippen molar-refractivity contribution < 1.29 is 14.4 Å². The second-order valence-electron chi connectivity index (χ2n) is 8.30. The molecular formula is C31H21Cl3N2O3. The average molecular weight is 576 g/mol. The van der Waals surface area contributed by atoms with E-state index < -0.39 is 11.8 Å². The van der Waals surface area contributed by atoms with E-state index in [2.05, 4.69) is 10.6 Å². The third-order valence-electron chi connectivity index (χ3n) is 5.52. The summed E-state index contributed by atoms with van der Waals surface area (Å²) in [5.74, 6) is -1.29. The lowest BCUT2D eigenvalue weighted by atomic mass is 10.1. The highest BCUT2D eigenvalue weighted by molar-refractivity contribution is 6.37. The molecule has 0 bridgehead atoms. The van der Waals surface area contributed by atoms with Crippen molar-refractivity contribution in [1.82, 2.24) is 5.32 Å². The van der Waals surface area contributed by atoms with Crippen LogP contribution in [0.2, 0.25) is 15.1 Å². The van der Waals surface area contributed by atoms with Crippen molar-refractivity contribution in [3.05, 3.63) is 146 Å². The first kappa shape index (κ1) is 27.9. The number of benzene rings is 4. The molecule has 4 aromatic carbocycles. The second-order valence-corrected chi connectivity index (χ2v) is 9.55. The molecule has 0 unspecified atom stereocenters. The van der Waals surface area contributed by atoms with Gasteiger partial charge in [-0.25, -0.2) is 0 Å². The van der Waals surface area contributed by atoms with Crippen LogP contribution in [0.15, 0.2) is 109 Å². The summed E-state index contributed by atoms with van der Waals surface area (Å²) < 4.78 is 0. The number of allylic oxidation sites excluding steroid dienone is 1. The summed E-state index contributed by atoms with van der Waals surface area (Å²) in [7, 11) is 0. The zero-order valence-electron chi connectivity index (χ0n) is 20.3. The van der Waals surface area contributed by atoms with Gasteiger partial charge in [0.2, 0.25) is 0 Å². The number of nitrogens with one attached hydrogen (secondary N) is 2. The minimum atomic E-state index is -0.602. The lowest BCUT2D eigenvalue weighted by molar-refractivity contribution is -0.113. The number of hydrogen-bond acceptors (Lipinski definition) is 3. The standard InChI is InChI=1S/C31H21Cl3N2O3/c32-23-9-4-6-20(18-23)12-17-29(37)21-13-15-24(16-14-21)35-31(39)28(19-25-26(33)10-5-11-27(25)34)36-30(38)22-7-2-1-3-8-22/h1-19H,(H,35,39)(H,36,38)/b17-12+,28-19-. The summed E-state index contributed by atoms with van der Waals surface area (Å²) in [5, 5.41) is 6.59. The molecule has 39 heavy (non-hydrogen) atoms. The third kappa shape index (κ3) is 7.68. The minimum Gasteiger partial charge on any atom is -0.321 e. The first-order chi connectivity index (χ1) is 18.8. The van der Waals surface area contributed by atoms with Crippen molar-refractivity contribution in [2.75, 3.05) is 5.32 Å². The van der Waals surface area contributed by atoms with Crippen LogP contribution in [0.4, 0.5) is 5.69 Å². The molecule has 4 rings (SSSR count). The molecule has 0 atom stereocenters. The highest BCUT2D eigenvalue weighted by Crippen LogP contribution is 2.27. The van der Waals surface area contributed by atoms with Gasteiger partial charge in [-0.2, -0.15) is 0 Å². The first-order valence-electron chi connectivity index (χ1n) is 11.7. The molecule has 0 heterocycles. The number of anilines is 1. The second kappa shape index (κ2) is 13.1. The zero-order valence-corrected chi connectivity index (χ0v) is 22.6. The zero-order chi connectivity index (χ0) is 27.8. The Kier molecular flexibility index (Phi) is 9.34. The Hall–Kier alpha value is -4.16.